The second-order valence-electron chi connectivity index (χ2n) is 8.47. The van der Waals surface area contributed by atoms with Crippen LogP contribution in [0.15, 0.2) is 24.3 Å². The molecule has 0 spiro atoms. The molecular formula is C21H33N3O2. The maximum absolute atomic E-state index is 12.9. The van der Waals surface area contributed by atoms with Crippen molar-refractivity contribution in [2.75, 3.05) is 32.8 Å². The fraction of sp³-hybridized carbons (Fsp3) is 0.667. The van der Waals surface area contributed by atoms with Gasteiger partial charge in [-0.3, -0.25) is 4.90 Å². The van der Waals surface area contributed by atoms with Crippen LogP contribution < -0.4 is 5.32 Å². The first-order chi connectivity index (χ1) is 12.4. The van der Waals surface area contributed by atoms with Crippen LogP contribution in [0, 0.1) is 12.8 Å². The summed E-state index contributed by atoms with van der Waals surface area (Å²) in [6.45, 7) is 9.81. The first kappa shape index (κ1) is 19.2. The van der Waals surface area contributed by atoms with Crippen LogP contribution in [0.3, 0.4) is 0 Å². The molecule has 1 heterocycles. The molecule has 1 aromatic carbocycles. The zero-order valence-corrected chi connectivity index (χ0v) is 16.4. The van der Waals surface area contributed by atoms with Gasteiger partial charge >= 0.3 is 6.03 Å². The number of aryl methyl sites for hydroxylation is 1. The number of nitrogens with zero attached hydrogens (tertiary/aromatic N) is 2. The first-order valence-electron chi connectivity index (χ1n) is 9.88. The van der Waals surface area contributed by atoms with Crippen LogP contribution >= 0.6 is 0 Å². The average Bonchev–Trinajstić information content (AvgIpc) is 3.40. The van der Waals surface area contributed by atoms with Crippen LogP contribution in [-0.4, -0.2) is 59.8 Å². The van der Waals surface area contributed by atoms with E-state index < -0.39 is 5.54 Å². The minimum atomic E-state index is -0.414. The van der Waals surface area contributed by atoms with Gasteiger partial charge in [0.05, 0.1) is 5.54 Å². The molecule has 1 aliphatic carbocycles. The first-order valence-corrected chi connectivity index (χ1v) is 9.88. The second kappa shape index (κ2) is 7.97. The van der Waals surface area contributed by atoms with Gasteiger partial charge in [0, 0.05) is 38.8 Å². The molecule has 26 heavy (non-hydrogen) atoms. The summed E-state index contributed by atoms with van der Waals surface area (Å²) in [5.41, 5.74) is 1.91. The molecule has 0 radical (unpaired) electrons. The van der Waals surface area contributed by atoms with Gasteiger partial charge in [-0.05, 0) is 51.5 Å². The summed E-state index contributed by atoms with van der Waals surface area (Å²) >= 11 is 0. The molecule has 2 amide bonds. The third-order valence-corrected chi connectivity index (χ3v) is 5.74. The molecule has 2 fully saturated rings. The zero-order chi connectivity index (χ0) is 18.7. The van der Waals surface area contributed by atoms with Crippen molar-refractivity contribution in [2.24, 2.45) is 5.92 Å². The number of rotatable bonds is 6. The van der Waals surface area contributed by atoms with Crippen LogP contribution in [0.1, 0.15) is 44.2 Å². The van der Waals surface area contributed by atoms with Crippen molar-refractivity contribution < 1.29 is 9.90 Å². The molecule has 1 aliphatic heterocycles. The van der Waals surface area contributed by atoms with Gasteiger partial charge in [0.15, 0.2) is 0 Å². The Morgan fingerprint density at radius 2 is 1.92 bits per heavy atom. The minimum absolute atomic E-state index is 0.00964. The van der Waals surface area contributed by atoms with E-state index in [1.165, 1.54) is 18.4 Å². The van der Waals surface area contributed by atoms with Gasteiger partial charge in [-0.2, -0.15) is 0 Å². The van der Waals surface area contributed by atoms with Gasteiger partial charge in [0.2, 0.25) is 0 Å². The number of urea groups is 1. The standard InChI is InChI=1S/C21H33N3O2/c1-16-4-8-18(9-5-16)21(2,3)22-20(26)24-12-11-23(14-17-6-7-17)19(15-24)10-13-25/h4-5,8-9,17,19,25H,6-7,10-15H2,1-3H3,(H,22,26)/t19-/m0/s1. The SMILES string of the molecule is Cc1ccc(C(C)(C)NC(=O)N2CCN(CC3CC3)[C@@H](CCO)C2)cc1. The van der Waals surface area contributed by atoms with Gasteiger partial charge in [-0.1, -0.05) is 29.8 Å². The zero-order valence-electron chi connectivity index (χ0n) is 16.4. The minimum Gasteiger partial charge on any atom is -0.396 e. The van der Waals surface area contributed by atoms with Crippen LogP contribution in [0.5, 0.6) is 0 Å². The maximum atomic E-state index is 12.9. The summed E-state index contributed by atoms with van der Waals surface area (Å²) < 4.78 is 0. The third kappa shape index (κ3) is 4.77. The Kier molecular flexibility index (Phi) is 5.88. The smallest absolute Gasteiger partial charge is 0.318 e. The number of carbonyl (C=O) groups excluding carboxylic acids is 1. The lowest BCUT2D eigenvalue weighted by molar-refractivity contribution is 0.0682. The molecule has 3 rings (SSSR count). The number of hydrogen-bond donors (Lipinski definition) is 2. The monoisotopic (exact) mass is 359 g/mol. The number of piperazine rings is 1. The van der Waals surface area contributed by atoms with E-state index in [-0.39, 0.29) is 18.7 Å². The molecule has 5 heteroatoms. The molecule has 0 unspecified atom stereocenters. The molecule has 144 valence electrons. The molecule has 5 nitrogen and oxygen atoms in total. The third-order valence-electron chi connectivity index (χ3n) is 5.74. The highest BCUT2D eigenvalue weighted by molar-refractivity contribution is 5.75. The van der Waals surface area contributed by atoms with Crippen molar-refractivity contribution in [3.8, 4) is 0 Å². The quantitative estimate of drug-likeness (QED) is 0.821. The molecule has 0 bridgehead atoms. The second-order valence-corrected chi connectivity index (χ2v) is 8.47. The lowest BCUT2D eigenvalue weighted by atomic mass is 9.93. The molecule has 2 N–H and O–H groups in total. The summed E-state index contributed by atoms with van der Waals surface area (Å²) in [7, 11) is 0. The molecule has 1 atom stereocenters. The van der Waals surface area contributed by atoms with Gasteiger partial charge in [0.25, 0.3) is 0 Å². The number of nitrogens with one attached hydrogen (secondary N) is 1. The molecular weight excluding hydrogens is 326 g/mol. The highest BCUT2D eigenvalue weighted by Crippen LogP contribution is 2.31. The van der Waals surface area contributed by atoms with Crippen molar-refractivity contribution in [1.82, 2.24) is 15.1 Å². The number of benzene rings is 1. The van der Waals surface area contributed by atoms with E-state index in [0.29, 0.717) is 6.54 Å². The highest BCUT2D eigenvalue weighted by Gasteiger charge is 2.34. The van der Waals surface area contributed by atoms with E-state index in [9.17, 15) is 9.90 Å². The lowest BCUT2D eigenvalue weighted by Gasteiger charge is -2.42. The molecule has 1 saturated carbocycles. The Labute approximate surface area is 157 Å². The van der Waals surface area contributed by atoms with Crippen LogP contribution in [0.4, 0.5) is 4.79 Å². The van der Waals surface area contributed by atoms with Crippen LogP contribution in [0.2, 0.25) is 0 Å². The Morgan fingerprint density at radius 3 is 2.54 bits per heavy atom. The molecule has 2 aliphatic rings. The Hall–Kier alpha value is -1.59. The van der Waals surface area contributed by atoms with E-state index >= 15 is 0 Å². The van der Waals surface area contributed by atoms with Crippen molar-refractivity contribution in [3.05, 3.63) is 35.4 Å². The van der Waals surface area contributed by atoms with E-state index in [1.54, 1.807) is 0 Å². The molecule has 0 aromatic heterocycles. The number of aliphatic hydroxyl groups excluding tert-OH is 1. The van der Waals surface area contributed by atoms with Gasteiger partial charge in [-0.25, -0.2) is 4.79 Å². The van der Waals surface area contributed by atoms with E-state index in [1.807, 2.05) is 18.7 Å². The van der Waals surface area contributed by atoms with Crippen molar-refractivity contribution in [1.29, 1.82) is 0 Å². The summed E-state index contributed by atoms with van der Waals surface area (Å²) in [6, 6.07) is 8.58. The van der Waals surface area contributed by atoms with Crippen molar-refractivity contribution in [2.45, 2.75) is 51.6 Å². The van der Waals surface area contributed by atoms with Gasteiger partial charge in [0.1, 0.15) is 0 Å². The Bertz CT molecular complexity index is 610. The number of carbonyl (C=O) groups is 1. The van der Waals surface area contributed by atoms with Crippen LogP contribution in [0.25, 0.3) is 0 Å². The van der Waals surface area contributed by atoms with E-state index in [4.69, 9.17) is 0 Å². The summed E-state index contributed by atoms with van der Waals surface area (Å²) in [4.78, 5) is 17.3. The number of aliphatic hydroxyl groups is 1. The number of hydrogen-bond acceptors (Lipinski definition) is 3. The predicted octanol–water partition coefficient (Wildman–Crippen LogP) is 2.72. The molecule has 1 aromatic rings. The van der Waals surface area contributed by atoms with Gasteiger partial charge in [-0.15, -0.1) is 0 Å². The van der Waals surface area contributed by atoms with Crippen LogP contribution in [-0.2, 0) is 5.54 Å². The molecule has 1 saturated heterocycles. The topological polar surface area (TPSA) is 55.8 Å². The van der Waals surface area contributed by atoms with Crippen molar-refractivity contribution >= 4 is 6.03 Å². The maximum Gasteiger partial charge on any atom is 0.318 e. The van der Waals surface area contributed by atoms with Crippen molar-refractivity contribution in [3.63, 3.8) is 0 Å². The fourth-order valence-electron chi connectivity index (χ4n) is 3.76. The predicted molar refractivity (Wildman–Crippen MR) is 104 cm³/mol. The fourth-order valence-corrected chi connectivity index (χ4v) is 3.76. The Balaban J connectivity index is 1.60. The van der Waals surface area contributed by atoms with Gasteiger partial charge < -0.3 is 15.3 Å². The van der Waals surface area contributed by atoms with E-state index in [0.717, 1.165) is 37.5 Å². The summed E-state index contributed by atoms with van der Waals surface area (Å²) in [5, 5.41) is 12.6. The normalized spacial score (nSPS) is 21.7. The van der Waals surface area contributed by atoms with E-state index in [2.05, 4.69) is 41.4 Å². The number of amides is 2. The summed E-state index contributed by atoms with van der Waals surface area (Å²) in [6.07, 6.45) is 3.40. The lowest BCUT2D eigenvalue weighted by Crippen LogP contribution is -2.59. The Morgan fingerprint density at radius 1 is 1.23 bits per heavy atom. The highest BCUT2D eigenvalue weighted by atomic mass is 16.3. The largest absolute Gasteiger partial charge is 0.396 e. The summed E-state index contributed by atoms with van der Waals surface area (Å²) in [5.74, 6) is 0.831. The average molecular weight is 360 g/mol.